The zero-order chi connectivity index (χ0) is 15.6. The Morgan fingerprint density at radius 2 is 1.86 bits per heavy atom. The predicted molar refractivity (Wildman–Crippen MR) is 74.7 cm³/mol. The van der Waals surface area contributed by atoms with Gasteiger partial charge in [-0.3, -0.25) is 0 Å². The Bertz CT molecular complexity index is 776. The molecule has 0 radical (unpaired) electrons. The highest BCUT2D eigenvalue weighted by Crippen LogP contribution is 2.25. The van der Waals surface area contributed by atoms with Crippen LogP contribution in [0.3, 0.4) is 0 Å². The summed E-state index contributed by atoms with van der Waals surface area (Å²) < 4.78 is 56.0. The SMILES string of the molecule is COc1ccc(CS(=O)(=O)c2cc(F)ccc2N)cc1F. The van der Waals surface area contributed by atoms with Crippen LogP contribution in [0.5, 0.6) is 5.75 Å². The van der Waals surface area contributed by atoms with Crippen molar-refractivity contribution in [1.29, 1.82) is 0 Å². The Hall–Kier alpha value is -2.15. The minimum Gasteiger partial charge on any atom is -0.494 e. The van der Waals surface area contributed by atoms with E-state index in [1.165, 1.54) is 25.3 Å². The van der Waals surface area contributed by atoms with Crippen molar-refractivity contribution in [2.45, 2.75) is 10.6 Å². The van der Waals surface area contributed by atoms with Crippen LogP contribution in [0.25, 0.3) is 0 Å². The predicted octanol–water partition coefficient (Wildman–Crippen LogP) is 2.53. The minimum atomic E-state index is -3.88. The van der Waals surface area contributed by atoms with E-state index >= 15 is 0 Å². The molecule has 2 aromatic rings. The van der Waals surface area contributed by atoms with Crippen LogP contribution in [-0.2, 0) is 15.6 Å². The first-order valence-electron chi connectivity index (χ1n) is 5.93. The summed E-state index contributed by atoms with van der Waals surface area (Å²) in [7, 11) is -2.57. The van der Waals surface area contributed by atoms with E-state index in [1.807, 2.05) is 0 Å². The molecule has 0 atom stereocenters. The van der Waals surface area contributed by atoms with Gasteiger partial charge < -0.3 is 10.5 Å². The Kier molecular flexibility index (Phi) is 4.13. The lowest BCUT2D eigenvalue weighted by atomic mass is 10.2. The number of anilines is 1. The number of rotatable bonds is 4. The normalized spacial score (nSPS) is 11.4. The molecule has 112 valence electrons. The lowest BCUT2D eigenvalue weighted by Gasteiger charge is -2.09. The number of hydrogen-bond donors (Lipinski definition) is 1. The summed E-state index contributed by atoms with van der Waals surface area (Å²) in [5.41, 5.74) is 5.73. The number of sulfone groups is 1. The first-order valence-corrected chi connectivity index (χ1v) is 7.59. The maximum atomic E-state index is 13.6. The average molecular weight is 313 g/mol. The Labute approximate surface area is 121 Å². The summed E-state index contributed by atoms with van der Waals surface area (Å²) in [6, 6.07) is 6.92. The van der Waals surface area contributed by atoms with Crippen LogP contribution < -0.4 is 10.5 Å². The van der Waals surface area contributed by atoms with Gasteiger partial charge in [0.1, 0.15) is 5.82 Å². The van der Waals surface area contributed by atoms with Crippen molar-refractivity contribution < 1.29 is 21.9 Å². The fourth-order valence-corrected chi connectivity index (χ4v) is 3.37. The number of ether oxygens (including phenoxy) is 1. The Morgan fingerprint density at radius 3 is 2.48 bits per heavy atom. The maximum absolute atomic E-state index is 13.6. The van der Waals surface area contributed by atoms with Gasteiger partial charge in [-0.05, 0) is 35.9 Å². The quantitative estimate of drug-likeness (QED) is 0.881. The van der Waals surface area contributed by atoms with Crippen LogP contribution >= 0.6 is 0 Å². The van der Waals surface area contributed by atoms with E-state index < -0.39 is 27.2 Å². The van der Waals surface area contributed by atoms with Crippen LogP contribution in [-0.4, -0.2) is 15.5 Å². The number of nitrogen functional groups attached to an aromatic ring is 1. The van der Waals surface area contributed by atoms with Gasteiger partial charge in [0, 0.05) is 0 Å². The second-order valence-corrected chi connectivity index (χ2v) is 6.37. The van der Waals surface area contributed by atoms with Crippen molar-refractivity contribution in [2.75, 3.05) is 12.8 Å². The van der Waals surface area contributed by atoms with Crippen LogP contribution in [0.4, 0.5) is 14.5 Å². The van der Waals surface area contributed by atoms with E-state index in [9.17, 15) is 17.2 Å². The van der Waals surface area contributed by atoms with Gasteiger partial charge in [-0.15, -0.1) is 0 Å². The average Bonchev–Trinajstić information content (AvgIpc) is 2.41. The van der Waals surface area contributed by atoms with Gasteiger partial charge in [-0.2, -0.15) is 0 Å². The van der Waals surface area contributed by atoms with Crippen molar-refractivity contribution in [2.24, 2.45) is 0 Å². The van der Waals surface area contributed by atoms with E-state index in [0.717, 1.165) is 18.2 Å². The van der Waals surface area contributed by atoms with Crippen molar-refractivity contribution in [3.8, 4) is 5.75 Å². The number of nitrogens with two attached hydrogens (primary N) is 1. The lowest BCUT2D eigenvalue weighted by molar-refractivity contribution is 0.386. The molecule has 0 aliphatic heterocycles. The van der Waals surface area contributed by atoms with Crippen LogP contribution in [0.1, 0.15) is 5.56 Å². The minimum absolute atomic E-state index is 0.0152. The fraction of sp³-hybridized carbons (Fsp3) is 0.143. The van der Waals surface area contributed by atoms with Gasteiger partial charge in [0.05, 0.1) is 23.4 Å². The molecule has 2 N–H and O–H groups in total. The third kappa shape index (κ3) is 3.30. The molecule has 7 heteroatoms. The summed E-state index contributed by atoms with van der Waals surface area (Å²) in [6.07, 6.45) is 0. The van der Waals surface area contributed by atoms with Crippen molar-refractivity contribution in [3.63, 3.8) is 0 Å². The third-order valence-corrected chi connectivity index (χ3v) is 4.62. The summed E-state index contributed by atoms with van der Waals surface area (Å²) in [6.45, 7) is 0. The zero-order valence-electron chi connectivity index (χ0n) is 11.1. The molecule has 2 rings (SSSR count). The highest BCUT2D eigenvalue weighted by molar-refractivity contribution is 7.90. The molecule has 2 aromatic carbocycles. The molecule has 0 saturated heterocycles. The molecule has 0 amide bonds. The molecule has 4 nitrogen and oxygen atoms in total. The van der Waals surface area contributed by atoms with E-state index in [-0.39, 0.29) is 21.9 Å². The fourth-order valence-electron chi connectivity index (χ4n) is 1.87. The number of benzene rings is 2. The molecule has 0 aliphatic carbocycles. The van der Waals surface area contributed by atoms with Crippen LogP contribution in [0.15, 0.2) is 41.3 Å². The van der Waals surface area contributed by atoms with E-state index in [1.54, 1.807) is 0 Å². The van der Waals surface area contributed by atoms with Crippen molar-refractivity contribution in [3.05, 3.63) is 53.6 Å². The molecule has 0 aromatic heterocycles. The second-order valence-electron chi connectivity index (χ2n) is 4.41. The standard InChI is InChI=1S/C14H13F2NO3S/c1-20-13-5-2-9(6-11(13)16)8-21(18,19)14-7-10(15)3-4-12(14)17/h2-7H,8,17H2,1H3. The van der Waals surface area contributed by atoms with E-state index in [4.69, 9.17) is 10.5 Å². The number of halogens is 2. The molecule has 0 saturated carbocycles. The van der Waals surface area contributed by atoms with Gasteiger partial charge in [-0.1, -0.05) is 6.07 Å². The van der Waals surface area contributed by atoms with Crippen LogP contribution in [0.2, 0.25) is 0 Å². The number of methoxy groups -OCH3 is 1. The third-order valence-electron chi connectivity index (χ3n) is 2.88. The molecule has 0 aliphatic rings. The molecule has 0 bridgehead atoms. The molecular formula is C14H13F2NO3S. The number of hydrogen-bond acceptors (Lipinski definition) is 4. The molecule has 0 heterocycles. The zero-order valence-corrected chi connectivity index (χ0v) is 12.0. The molecule has 0 spiro atoms. The summed E-state index contributed by atoms with van der Waals surface area (Å²) in [5.74, 6) is -1.84. The summed E-state index contributed by atoms with van der Waals surface area (Å²) >= 11 is 0. The van der Waals surface area contributed by atoms with Crippen molar-refractivity contribution >= 4 is 15.5 Å². The Balaban J connectivity index is 2.37. The topological polar surface area (TPSA) is 69.4 Å². The van der Waals surface area contributed by atoms with Gasteiger partial charge >= 0.3 is 0 Å². The van der Waals surface area contributed by atoms with Gasteiger partial charge in [-0.25, -0.2) is 17.2 Å². The molecule has 21 heavy (non-hydrogen) atoms. The first kappa shape index (κ1) is 15.2. The maximum Gasteiger partial charge on any atom is 0.184 e. The van der Waals surface area contributed by atoms with Gasteiger partial charge in [0.15, 0.2) is 21.4 Å². The van der Waals surface area contributed by atoms with E-state index in [0.29, 0.717) is 0 Å². The second kappa shape index (κ2) is 5.69. The smallest absolute Gasteiger partial charge is 0.184 e. The van der Waals surface area contributed by atoms with E-state index in [2.05, 4.69) is 0 Å². The van der Waals surface area contributed by atoms with Crippen LogP contribution in [0, 0.1) is 11.6 Å². The van der Waals surface area contributed by atoms with Crippen molar-refractivity contribution in [1.82, 2.24) is 0 Å². The highest BCUT2D eigenvalue weighted by Gasteiger charge is 2.20. The molecule has 0 unspecified atom stereocenters. The largest absolute Gasteiger partial charge is 0.494 e. The Morgan fingerprint density at radius 1 is 1.14 bits per heavy atom. The molecule has 0 fully saturated rings. The summed E-state index contributed by atoms with van der Waals surface area (Å²) in [5, 5.41) is 0. The van der Waals surface area contributed by atoms with Gasteiger partial charge in [0.2, 0.25) is 0 Å². The highest BCUT2D eigenvalue weighted by atomic mass is 32.2. The first-order chi connectivity index (χ1) is 9.83. The van der Waals surface area contributed by atoms with Gasteiger partial charge in [0.25, 0.3) is 0 Å². The molecular weight excluding hydrogens is 300 g/mol. The lowest BCUT2D eigenvalue weighted by Crippen LogP contribution is -2.08. The monoisotopic (exact) mass is 313 g/mol. The summed E-state index contributed by atoms with van der Waals surface area (Å²) in [4.78, 5) is -0.307.